The third-order valence-corrected chi connectivity index (χ3v) is 4.24. The van der Waals surface area contributed by atoms with Gasteiger partial charge in [0, 0.05) is 6.04 Å². The number of nitrogens with zero attached hydrogens (tertiary/aromatic N) is 1. The van der Waals surface area contributed by atoms with Gasteiger partial charge in [0.2, 0.25) is 5.91 Å². The van der Waals surface area contributed by atoms with Crippen molar-refractivity contribution in [1.29, 1.82) is 0 Å². The number of aromatic amines is 1. The fourth-order valence-electron chi connectivity index (χ4n) is 2.88. The van der Waals surface area contributed by atoms with Crippen LogP contribution in [0.15, 0.2) is 24.3 Å². The Morgan fingerprint density at radius 1 is 1.22 bits per heavy atom. The second-order valence-corrected chi connectivity index (χ2v) is 6.27. The summed E-state index contributed by atoms with van der Waals surface area (Å²) in [5, 5.41) is 3.71. The predicted molar refractivity (Wildman–Crippen MR) is 93.7 cm³/mol. The van der Waals surface area contributed by atoms with Gasteiger partial charge in [-0.3, -0.25) is 15.6 Å². The lowest BCUT2D eigenvalue weighted by Gasteiger charge is -2.24. The van der Waals surface area contributed by atoms with Crippen LogP contribution in [-0.2, 0) is 11.2 Å². The van der Waals surface area contributed by atoms with Crippen LogP contribution < -0.4 is 16.2 Å². The van der Waals surface area contributed by atoms with Crippen molar-refractivity contribution in [3.63, 3.8) is 0 Å². The zero-order valence-electron chi connectivity index (χ0n) is 12.9. The van der Waals surface area contributed by atoms with E-state index in [1.807, 2.05) is 24.3 Å². The summed E-state index contributed by atoms with van der Waals surface area (Å²) in [6, 6.07) is 8.11. The van der Waals surface area contributed by atoms with Crippen molar-refractivity contribution in [2.24, 2.45) is 0 Å². The van der Waals surface area contributed by atoms with Gasteiger partial charge in [0.15, 0.2) is 5.11 Å². The van der Waals surface area contributed by atoms with E-state index in [1.54, 1.807) is 0 Å². The Kier molecular flexibility index (Phi) is 5.07. The molecule has 1 fully saturated rings. The van der Waals surface area contributed by atoms with Crippen LogP contribution in [0.2, 0.25) is 0 Å². The molecule has 1 aromatic carbocycles. The molecule has 1 amide bonds. The summed E-state index contributed by atoms with van der Waals surface area (Å²) >= 11 is 5.21. The normalized spacial score (nSPS) is 15.3. The van der Waals surface area contributed by atoms with Crippen molar-refractivity contribution in [3.8, 4) is 0 Å². The molecule has 0 radical (unpaired) electrons. The van der Waals surface area contributed by atoms with E-state index in [1.165, 1.54) is 19.3 Å². The number of carbonyl (C=O) groups excluding carboxylic acids is 1. The van der Waals surface area contributed by atoms with Crippen LogP contribution in [0, 0.1) is 0 Å². The molecule has 2 aromatic rings. The molecule has 0 saturated heterocycles. The number of imidazole rings is 1. The number of thiocarbonyl (C=S) groups is 1. The fraction of sp³-hybridized carbons (Fsp3) is 0.438. The van der Waals surface area contributed by atoms with Gasteiger partial charge in [-0.05, 0) is 37.2 Å². The van der Waals surface area contributed by atoms with Gasteiger partial charge in [0.25, 0.3) is 0 Å². The van der Waals surface area contributed by atoms with E-state index in [0.717, 1.165) is 23.9 Å². The quantitative estimate of drug-likeness (QED) is 0.510. The van der Waals surface area contributed by atoms with Gasteiger partial charge in [-0.1, -0.05) is 31.4 Å². The fourth-order valence-corrected chi connectivity index (χ4v) is 3.10. The van der Waals surface area contributed by atoms with Gasteiger partial charge in [0.05, 0.1) is 17.5 Å². The van der Waals surface area contributed by atoms with Crippen LogP contribution in [-0.4, -0.2) is 27.0 Å². The van der Waals surface area contributed by atoms with Gasteiger partial charge in [-0.25, -0.2) is 4.98 Å². The average Bonchev–Trinajstić information content (AvgIpc) is 2.96. The van der Waals surface area contributed by atoms with Crippen LogP contribution in [0.25, 0.3) is 11.0 Å². The van der Waals surface area contributed by atoms with Crippen molar-refractivity contribution in [2.45, 2.75) is 44.6 Å². The molecule has 7 heteroatoms. The number of hydrazine groups is 1. The standard InChI is InChI=1S/C16H21N5OS/c22-15(10-14-18-12-8-4-5-9-13(12)19-14)20-21-16(23)17-11-6-2-1-3-7-11/h4-5,8-9,11H,1-3,6-7,10H2,(H,18,19)(H,20,22)(H2,17,21,23). The minimum atomic E-state index is -0.183. The van der Waals surface area contributed by atoms with Crippen molar-refractivity contribution in [2.75, 3.05) is 0 Å². The van der Waals surface area contributed by atoms with Crippen LogP contribution >= 0.6 is 12.2 Å². The first kappa shape index (κ1) is 15.7. The van der Waals surface area contributed by atoms with E-state index in [9.17, 15) is 4.79 Å². The molecule has 0 bridgehead atoms. The molecule has 4 N–H and O–H groups in total. The minimum absolute atomic E-state index is 0.174. The Labute approximate surface area is 140 Å². The largest absolute Gasteiger partial charge is 0.359 e. The van der Waals surface area contributed by atoms with E-state index >= 15 is 0 Å². The van der Waals surface area contributed by atoms with Gasteiger partial charge in [0.1, 0.15) is 5.82 Å². The number of nitrogens with one attached hydrogen (secondary N) is 4. The van der Waals surface area contributed by atoms with Crippen molar-refractivity contribution in [1.82, 2.24) is 26.1 Å². The van der Waals surface area contributed by atoms with Crippen LogP contribution in [0.5, 0.6) is 0 Å². The molecule has 1 saturated carbocycles. The molecular formula is C16H21N5OS. The summed E-state index contributed by atoms with van der Waals surface area (Å²) in [4.78, 5) is 19.5. The van der Waals surface area contributed by atoms with Crippen LogP contribution in [0.3, 0.4) is 0 Å². The SMILES string of the molecule is O=C(Cc1nc2ccccc2[nH]1)NNC(=S)NC1CCCCC1. The Hall–Kier alpha value is -2.15. The molecular weight excluding hydrogens is 310 g/mol. The first-order chi connectivity index (χ1) is 11.2. The molecule has 0 aliphatic heterocycles. The first-order valence-corrected chi connectivity index (χ1v) is 8.40. The topological polar surface area (TPSA) is 81.8 Å². The summed E-state index contributed by atoms with van der Waals surface area (Å²) in [7, 11) is 0. The van der Waals surface area contributed by atoms with E-state index in [4.69, 9.17) is 12.2 Å². The number of aromatic nitrogens is 2. The third kappa shape index (κ3) is 4.41. The molecule has 1 aromatic heterocycles. The molecule has 0 atom stereocenters. The molecule has 0 spiro atoms. The highest BCUT2D eigenvalue weighted by atomic mass is 32.1. The number of carbonyl (C=O) groups is 1. The Balaban J connectivity index is 1.44. The number of fused-ring (bicyclic) bond motifs is 1. The van der Waals surface area contributed by atoms with Gasteiger partial charge in [-0.15, -0.1) is 0 Å². The molecule has 122 valence electrons. The first-order valence-electron chi connectivity index (χ1n) is 8.00. The second kappa shape index (κ2) is 7.41. The molecule has 23 heavy (non-hydrogen) atoms. The summed E-state index contributed by atoms with van der Waals surface area (Å²) < 4.78 is 0. The lowest BCUT2D eigenvalue weighted by atomic mass is 9.96. The zero-order chi connectivity index (χ0) is 16.1. The highest BCUT2D eigenvalue weighted by molar-refractivity contribution is 7.80. The number of hydrogen-bond acceptors (Lipinski definition) is 3. The number of H-pyrrole nitrogens is 1. The maximum Gasteiger partial charge on any atom is 0.245 e. The van der Waals surface area contributed by atoms with Crippen molar-refractivity contribution >= 4 is 34.3 Å². The van der Waals surface area contributed by atoms with Crippen LogP contribution in [0.4, 0.5) is 0 Å². The molecule has 3 rings (SSSR count). The number of benzene rings is 1. The Morgan fingerprint density at radius 2 is 2.00 bits per heavy atom. The monoisotopic (exact) mass is 331 g/mol. The number of amides is 1. The lowest BCUT2D eigenvalue weighted by molar-refractivity contribution is -0.121. The summed E-state index contributed by atoms with van der Waals surface area (Å²) in [5.41, 5.74) is 7.16. The zero-order valence-corrected chi connectivity index (χ0v) is 13.7. The highest BCUT2D eigenvalue weighted by Crippen LogP contribution is 2.17. The highest BCUT2D eigenvalue weighted by Gasteiger charge is 2.14. The summed E-state index contributed by atoms with van der Waals surface area (Å²) in [5.74, 6) is 0.452. The van der Waals surface area contributed by atoms with E-state index in [-0.39, 0.29) is 12.3 Å². The molecule has 1 aliphatic rings. The molecule has 6 nitrogen and oxygen atoms in total. The van der Waals surface area contributed by atoms with Crippen LogP contribution in [0.1, 0.15) is 37.9 Å². The van der Waals surface area contributed by atoms with E-state index in [2.05, 4.69) is 26.1 Å². The second-order valence-electron chi connectivity index (χ2n) is 5.86. The third-order valence-electron chi connectivity index (χ3n) is 4.02. The van der Waals surface area contributed by atoms with Crippen molar-refractivity contribution in [3.05, 3.63) is 30.1 Å². The summed E-state index contributed by atoms with van der Waals surface area (Å²) in [6.07, 6.45) is 6.21. The molecule has 0 unspecified atom stereocenters. The number of rotatable bonds is 3. The van der Waals surface area contributed by atoms with Gasteiger partial charge >= 0.3 is 0 Å². The minimum Gasteiger partial charge on any atom is -0.359 e. The molecule has 1 heterocycles. The molecule has 1 aliphatic carbocycles. The number of hydrogen-bond donors (Lipinski definition) is 4. The van der Waals surface area contributed by atoms with E-state index < -0.39 is 0 Å². The Morgan fingerprint density at radius 3 is 2.78 bits per heavy atom. The smallest absolute Gasteiger partial charge is 0.245 e. The Bertz CT molecular complexity index is 660. The van der Waals surface area contributed by atoms with E-state index in [0.29, 0.717) is 17.0 Å². The van der Waals surface area contributed by atoms with Gasteiger partial charge in [-0.2, -0.15) is 0 Å². The van der Waals surface area contributed by atoms with Crippen molar-refractivity contribution < 1.29 is 4.79 Å². The maximum atomic E-state index is 12.0. The average molecular weight is 331 g/mol. The number of para-hydroxylation sites is 2. The maximum absolute atomic E-state index is 12.0. The summed E-state index contributed by atoms with van der Waals surface area (Å²) in [6.45, 7) is 0. The predicted octanol–water partition coefficient (Wildman–Crippen LogP) is 1.93. The lowest BCUT2D eigenvalue weighted by Crippen LogP contribution is -2.50. The van der Waals surface area contributed by atoms with Gasteiger partial charge < -0.3 is 10.3 Å².